The molecule has 0 bridgehead atoms. The number of anilines is 1. The summed E-state index contributed by atoms with van der Waals surface area (Å²) in [6.45, 7) is 6.31. The Morgan fingerprint density at radius 3 is 2.68 bits per heavy atom. The van der Waals surface area contributed by atoms with Gasteiger partial charge < -0.3 is 10.3 Å². The SMILES string of the molecule is C=C(CCCC)Nc1cncc(-c2ccc3[nH]nc(-c4cc5c(-c6ccccc6F)nccc5[nH]4)c3c2)c1. The number of unbranched alkanes of at least 4 members (excludes halogenated alkanes) is 1. The normalized spacial score (nSPS) is 11.3. The van der Waals surface area contributed by atoms with Crippen LogP contribution >= 0.6 is 0 Å². The lowest BCUT2D eigenvalue weighted by Gasteiger charge is -2.10. The van der Waals surface area contributed by atoms with Crippen LogP contribution in [0.5, 0.6) is 0 Å². The second-order valence-corrected chi connectivity index (χ2v) is 9.41. The molecule has 2 aromatic carbocycles. The molecular weight excluding hydrogens is 475 g/mol. The number of halogens is 1. The van der Waals surface area contributed by atoms with Gasteiger partial charge in [-0.15, -0.1) is 0 Å². The van der Waals surface area contributed by atoms with E-state index in [0.29, 0.717) is 11.3 Å². The molecule has 0 unspecified atom stereocenters. The predicted molar refractivity (Wildman–Crippen MR) is 152 cm³/mol. The minimum atomic E-state index is -0.302. The highest BCUT2D eigenvalue weighted by Crippen LogP contribution is 2.35. The summed E-state index contributed by atoms with van der Waals surface area (Å²) in [5.41, 5.74) is 8.40. The molecule has 38 heavy (non-hydrogen) atoms. The second kappa shape index (κ2) is 9.94. The first-order valence-corrected chi connectivity index (χ1v) is 12.7. The number of H-pyrrole nitrogens is 2. The summed E-state index contributed by atoms with van der Waals surface area (Å²) in [5, 5.41) is 12.9. The predicted octanol–water partition coefficient (Wildman–Crippen LogP) is 8.09. The van der Waals surface area contributed by atoms with E-state index in [2.05, 4.69) is 62.2 Å². The lowest BCUT2D eigenvalue weighted by atomic mass is 10.0. The molecule has 7 heteroatoms. The van der Waals surface area contributed by atoms with E-state index in [4.69, 9.17) is 0 Å². The molecule has 3 N–H and O–H groups in total. The van der Waals surface area contributed by atoms with Crippen molar-refractivity contribution >= 4 is 27.5 Å². The molecule has 4 aromatic heterocycles. The average Bonchev–Trinajstić information content (AvgIpc) is 3.56. The zero-order chi connectivity index (χ0) is 26.1. The number of allylic oxidation sites excluding steroid dienone is 1. The molecule has 0 radical (unpaired) electrons. The van der Waals surface area contributed by atoms with Gasteiger partial charge in [0, 0.05) is 45.5 Å². The van der Waals surface area contributed by atoms with Crippen LogP contribution in [0.25, 0.3) is 55.6 Å². The van der Waals surface area contributed by atoms with E-state index >= 15 is 0 Å². The van der Waals surface area contributed by atoms with Crippen LogP contribution in [0.1, 0.15) is 26.2 Å². The fourth-order valence-corrected chi connectivity index (χ4v) is 4.77. The largest absolute Gasteiger partial charge is 0.358 e. The topological polar surface area (TPSA) is 82.3 Å². The maximum absolute atomic E-state index is 14.6. The number of nitrogens with zero attached hydrogens (tertiary/aromatic N) is 3. The first kappa shape index (κ1) is 23.6. The Kier molecular flexibility index (Phi) is 6.17. The third-order valence-electron chi connectivity index (χ3n) is 6.72. The molecule has 188 valence electrons. The van der Waals surface area contributed by atoms with Gasteiger partial charge in [-0.3, -0.25) is 15.1 Å². The molecule has 0 saturated carbocycles. The number of pyridine rings is 2. The van der Waals surface area contributed by atoms with E-state index in [1.54, 1.807) is 18.3 Å². The minimum Gasteiger partial charge on any atom is -0.358 e. The van der Waals surface area contributed by atoms with Gasteiger partial charge in [0.1, 0.15) is 11.5 Å². The number of aromatic nitrogens is 5. The summed E-state index contributed by atoms with van der Waals surface area (Å²) in [5.74, 6) is -0.302. The molecule has 0 aliphatic carbocycles. The number of rotatable bonds is 8. The van der Waals surface area contributed by atoms with Gasteiger partial charge in [-0.25, -0.2) is 4.39 Å². The summed E-state index contributed by atoms with van der Waals surface area (Å²) >= 11 is 0. The third-order valence-corrected chi connectivity index (χ3v) is 6.72. The van der Waals surface area contributed by atoms with Gasteiger partial charge in [0.05, 0.1) is 28.8 Å². The maximum atomic E-state index is 14.6. The highest BCUT2D eigenvalue weighted by molar-refractivity contribution is 6.00. The van der Waals surface area contributed by atoms with Crippen molar-refractivity contribution in [2.24, 2.45) is 0 Å². The molecule has 0 spiro atoms. The van der Waals surface area contributed by atoms with Gasteiger partial charge in [0.15, 0.2) is 0 Å². The molecule has 6 nitrogen and oxygen atoms in total. The lowest BCUT2D eigenvalue weighted by Crippen LogP contribution is -1.98. The van der Waals surface area contributed by atoms with Crippen LogP contribution in [0.15, 0.2) is 91.5 Å². The molecule has 0 aliphatic heterocycles. The molecule has 0 fully saturated rings. The zero-order valence-electron chi connectivity index (χ0n) is 21.1. The lowest BCUT2D eigenvalue weighted by molar-refractivity contribution is 0.631. The first-order chi connectivity index (χ1) is 18.6. The maximum Gasteiger partial charge on any atom is 0.132 e. The molecule has 0 aliphatic rings. The van der Waals surface area contributed by atoms with Crippen LogP contribution in [0.2, 0.25) is 0 Å². The molecule has 4 heterocycles. The molecule has 0 amide bonds. The van der Waals surface area contributed by atoms with Gasteiger partial charge in [0.25, 0.3) is 0 Å². The van der Waals surface area contributed by atoms with Crippen LogP contribution in [-0.4, -0.2) is 25.1 Å². The van der Waals surface area contributed by atoms with Crippen LogP contribution in [0, 0.1) is 5.82 Å². The van der Waals surface area contributed by atoms with Crippen molar-refractivity contribution in [3.63, 3.8) is 0 Å². The Morgan fingerprint density at radius 2 is 1.82 bits per heavy atom. The number of aromatic amines is 2. The van der Waals surface area contributed by atoms with Crippen molar-refractivity contribution in [2.45, 2.75) is 26.2 Å². The van der Waals surface area contributed by atoms with Crippen molar-refractivity contribution in [2.75, 3.05) is 5.32 Å². The summed E-state index contributed by atoms with van der Waals surface area (Å²) < 4.78 is 14.6. The number of hydrogen-bond acceptors (Lipinski definition) is 4. The van der Waals surface area contributed by atoms with E-state index in [0.717, 1.165) is 75.0 Å². The Hall–Kier alpha value is -4.78. The van der Waals surface area contributed by atoms with Gasteiger partial charge in [-0.05, 0) is 60.9 Å². The van der Waals surface area contributed by atoms with E-state index < -0.39 is 0 Å². The molecule has 6 aromatic rings. The van der Waals surface area contributed by atoms with Gasteiger partial charge in [-0.2, -0.15) is 5.10 Å². The molecule has 0 saturated heterocycles. The van der Waals surface area contributed by atoms with Crippen molar-refractivity contribution in [3.8, 4) is 33.8 Å². The van der Waals surface area contributed by atoms with Crippen LogP contribution in [0.3, 0.4) is 0 Å². The van der Waals surface area contributed by atoms with Crippen molar-refractivity contribution in [1.29, 1.82) is 0 Å². The zero-order valence-corrected chi connectivity index (χ0v) is 21.1. The molecule has 6 rings (SSSR count). The van der Waals surface area contributed by atoms with Crippen LogP contribution in [-0.2, 0) is 0 Å². The third kappa shape index (κ3) is 4.43. The average molecular weight is 503 g/mol. The Bertz CT molecular complexity index is 1780. The number of nitrogens with one attached hydrogen (secondary N) is 3. The highest BCUT2D eigenvalue weighted by atomic mass is 19.1. The Labute approximate surface area is 219 Å². The van der Waals surface area contributed by atoms with Gasteiger partial charge >= 0.3 is 0 Å². The Balaban J connectivity index is 1.38. The van der Waals surface area contributed by atoms with E-state index in [9.17, 15) is 4.39 Å². The van der Waals surface area contributed by atoms with Crippen LogP contribution in [0.4, 0.5) is 10.1 Å². The van der Waals surface area contributed by atoms with Crippen LogP contribution < -0.4 is 5.32 Å². The summed E-state index contributed by atoms with van der Waals surface area (Å²) in [6.07, 6.45) is 8.53. The van der Waals surface area contributed by atoms with Crippen molar-refractivity contribution in [3.05, 3.63) is 97.3 Å². The summed E-state index contributed by atoms with van der Waals surface area (Å²) in [4.78, 5) is 12.4. The fraction of sp³-hybridized carbons (Fsp3) is 0.129. The van der Waals surface area contributed by atoms with Crippen molar-refractivity contribution < 1.29 is 4.39 Å². The first-order valence-electron chi connectivity index (χ1n) is 12.7. The highest BCUT2D eigenvalue weighted by Gasteiger charge is 2.16. The number of hydrogen-bond donors (Lipinski definition) is 3. The van der Waals surface area contributed by atoms with E-state index in [1.807, 2.05) is 36.7 Å². The number of benzene rings is 2. The second-order valence-electron chi connectivity index (χ2n) is 9.41. The fourth-order valence-electron chi connectivity index (χ4n) is 4.77. The van der Waals surface area contributed by atoms with Crippen molar-refractivity contribution in [1.82, 2.24) is 25.1 Å². The summed E-state index contributed by atoms with van der Waals surface area (Å²) in [6, 6.07) is 18.8. The van der Waals surface area contributed by atoms with Gasteiger partial charge in [0.2, 0.25) is 0 Å². The van der Waals surface area contributed by atoms with Gasteiger partial charge in [-0.1, -0.05) is 38.1 Å². The quantitative estimate of drug-likeness (QED) is 0.196. The summed E-state index contributed by atoms with van der Waals surface area (Å²) in [7, 11) is 0. The Morgan fingerprint density at radius 1 is 0.947 bits per heavy atom. The van der Waals surface area contributed by atoms with E-state index in [1.165, 1.54) is 6.07 Å². The molecular formula is C31H27FN6. The number of fused-ring (bicyclic) bond motifs is 2. The standard InChI is InChI=1S/C31H27FN6/c1-3-4-7-19(2)35-22-14-21(17-33-18-22)20-10-11-28-24(15-20)31(38-37-28)29-16-25-27(36-29)12-13-34-30(25)23-8-5-6-9-26(23)32/h5-6,8-18,35-36H,2-4,7H2,1H3,(H,37,38). The van der Waals surface area contributed by atoms with E-state index in [-0.39, 0.29) is 5.82 Å². The smallest absolute Gasteiger partial charge is 0.132 e. The minimum absolute atomic E-state index is 0.302. The molecule has 0 atom stereocenters. The monoisotopic (exact) mass is 502 g/mol.